The van der Waals surface area contributed by atoms with Crippen LogP contribution in [-0.4, -0.2) is 46.5 Å². The summed E-state index contributed by atoms with van der Waals surface area (Å²) in [6.45, 7) is 2.00. The minimum absolute atomic E-state index is 0.148. The Hall–Kier alpha value is -2.88. The molecule has 162 valence electrons. The average Bonchev–Trinajstić information content (AvgIpc) is 3.36. The average molecular weight is 481 g/mol. The topological polar surface area (TPSA) is 48.8 Å². The zero-order valence-electron chi connectivity index (χ0n) is 17.9. The molecule has 0 aliphatic carbocycles. The maximum absolute atomic E-state index is 13.8. The van der Waals surface area contributed by atoms with E-state index in [1.165, 1.54) is 16.2 Å². The summed E-state index contributed by atoms with van der Waals surface area (Å²) < 4.78 is 2.80. The largest absolute Gasteiger partial charge is 0.337 e. The Morgan fingerprint density at radius 2 is 1.56 bits per heavy atom. The van der Waals surface area contributed by atoms with E-state index in [-0.39, 0.29) is 11.5 Å². The van der Waals surface area contributed by atoms with E-state index in [2.05, 4.69) is 0 Å². The van der Waals surface area contributed by atoms with E-state index in [4.69, 9.17) is 12.2 Å². The molecule has 1 aromatic heterocycles. The summed E-state index contributed by atoms with van der Waals surface area (Å²) in [5.74, 6) is -0.216. The van der Waals surface area contributed by atoms with Crippen LogP contribution in [0, 0.1) is 6.92 Å². The third-order valence-electron chi connectivity index (χ3n) is 5.64. The Bertz CT molecular complexity index is 1470. The second-order valence-electron chi connectivity index (χ2n) is 7.70. The lowest BCUT2D eigenvalue weighted by Gasteiger charge is -2.11. The van der Waals surface area contributed by atoms with Gasteiger partial charge in [0.2, 0.25) is 0 Å². The van der Waals surface area contributed by atoms with Crippen molar-refractivity contribution in [3.8, 4) is 5.69 Å². The van der Waals surface area contributed by atoms with Gasteiger partial charge in [0.05, 0.1) is 11.4 Å². The van der Waals surface area contributed by atoms with Gasteiger partial charge in [-0.2, -0.15) is 0 Å². The van der Waals surface area contributed by atoms with Crippen molar-refractivity contribution in [2.24, 2.45) is 0 Å². The number of carbonyl (C=O) groups excluding carboxylic acids is 1. The molecule has 0 bridgehead atoms. The summed E-state index contributed by atoms with van der Waals surface area (Å²) in [7, 11) is 5.39. The van der Waals surface area contributed by atoms with E-state index in [9.17, 15) is 9.59 Å². The van der Waals surface area contributed by atoms with Crippen LogP contribution in [0.15, 0.2) is 58.2 Å². The molecule has 3 heterocycles. The fourth-order valence-corrected chi connectivity index (χ4v) is 6.54. The monoisotopic (exact) mass is 480 g/mol. The second kappa shape index (κ2) is 7.61. The number of aromatic nitrogens is 1. The zero-order valence-corrected chi connectivity index (χ0v) is 20.4. The fraction of sp³-hybridized carbons (Fsp3) is 0.174. The molecular weight excluding hydrogens is 460 g/mol. The first-order valence-electron chi connectivity index (χ1n) is 9.93. The summed E-state index contributed by atoms with van der Waals surface area (Å²) in [5, 5.41) is 1.27. The molecule has 5 rings (SSSR count). The van der Waals surface area contributed by atoms with Gasteiger partial charge in [-0.3, -0.25) is 19.1 Å². The van der Waals surface area contributed by atoms with Gasteiger partial charge in [0.1, 0.15) is 19.9 Å². The molecular formula is C23H20N4O2S3. The van der Waals surface area contributed by atoms with Crippen LogP contribution in [0.2, 0.25) is 0 Å². The summed E-state index contributed by atoms with van der Waals surface area (Å²) in [4.78, 5) is 33.2. The fourth-order valence-electron chi connectivity index (χ4n) is 3.84. The molecule has 3 aromatic rings. The molecule has 1 saturated heterocycles. The molecule has 32 heavy (non-hydrogen) atoms. The highest BCUT2D eigenvalue weighted by atomic mass is 32.2. The number of amides is 1. The number of fused-ring (bicyclic) bond motifs is 1. The summed E-state index contributed by atoms with van der Waals surface area (Å²) >= 11 is 8.32. The van der Waals surface area contributed by atoms with Gasteiger partial charge < -0.3 is 9.80 Å². The van der Waals surface area contributed by atoms with Crippen LogP contribution in [0.3, 0.4) is 0 Å². The van der Waals surface area contributed by atoms with E-state index < -0.39 is 0 Å². The summed E-state index contributed by atoms with van der Waals surface area (Å²) in [6, 6.07) is 15.8. The number of hydrogen-bond acceptors (Lipinski definition) is 6. The van der Waals surface area contributed by atoms with E-state index >= 15 is 0 Å². The standard InChI is InChI=1S/C23H20N4O2S3/c1-13-9-11-14(12-10-13)27-20(29)18(22-24(2)15-7-5-6-8-16(15)31-22)32-21(27)17-19(28)26(4)23(30)25(17)3/h5-12H,1-4H3. The van der Waals surface area contributed by atoms with E-state index in [1.54, 1.807) is 35.3 Å². The maximum atomic E-state index is 13.8. The Morgan fingerprint density at radius 1 is 0.875 bits per heavy atom. The lowest BCUT2D eigenvalue weighted by molar-refractivity contribution is -0.120. The van der Waals surface area contributed by atoms with E-state index in [0.29, 0.717) is 20.0 Å². The number of benzene rings is 2. The second-order valence-corrected chi connectivity index (χ2v) is 10.1. The Balaban J connectivity index is 1.88. The molecule has 0 atom stereocenters. The molecule has 0 radical (unpaired) electrons. The molecule has 0 unspecified atom stereocenters. The highest BCUT2D eigenvalue weighted by Crippen LogP contribution is 2.44. The van der Waals surface area contributed by atoms with Gasteiger partial charge in [0.15, 0.2) is 5.11 Å². The van der Waals surface area contributed by atoms with Gasteiger partial charge in [-0.15, -0.1) is 11.3 Å². The first-order valence-corrected chi connectivity index (χ1v) is 12.0. The SMILES string of the molecule is Cc1ccc(-n2c(=C3C(=O)N(C)C(=S)N3C)sc(=C3Sc4ccccc4N3C)c2=O)cc1. The third-order valence-corrected chi connectivity index (χ3v) is 8.70. The zero-order chi connectivity index (χ0) is 22.7. The minimum atomic E-state index is -0.216. The first-order chi connectivity index (χ1) is 15.3. The number of thiazole rings is 1. The maximum Gasteiger partial charge on any atom is 0.279 e. The number of carbonyl (C=O) groups is 1. The van der Waals surface area contributed by atoms with Gasteiger partial charge in [-0.1, -0.05) is 41.6 Å². The molecule has 6 nitrogen and oxygen atoms in total. The smallest absolute Gasteiger partial charge is 0.279 e. The van der Waals surface area contributed by atoms with Crippen molar-refractivity contribution in [1.29, 1.82) is 0 Å². The van der Waals surface area contributed by atoms with Gasteiger partial charge >= 0.3 is 0 Å². The molecule has 0 N–H and O–H groups in total. The van der Waals surface area contributed by atoms with Crippen molar-refractivity contribution in [3.05, 3.63) is 73.6 Å². The predicted octanol–water partition coefficient (Wildman–Crippen LogP) is 2.31. The quantitative estimate of drug-likeness (QED) is 0.499. The number of thiocarbonyl (C=S) groups is 1. The molecule has 2 aliphatic heterocycles. The van der Waals surface area contributed by atoms with Gasteiger partial charge in [-0.05, 0) is 43.4 Å². The number of aryl methyl sites for hydroxylation is 1. The number of nitrogens with zero attached hydrogens (tertiary/aromatic N) is 4. The van der Waals surface area contributed by atoms with Crippen molar-refractivity contribution in [2.75, 3.05) is 26.0 Å². The molecule has 0 spiro atoms. The van der Waals surface area contributed by atoms with Crippen LogP contribution in [0.1, 0.15) is 5.56 Å². The van der Waals surface area contributed by atoms with E-state index in [0.717, 1.165) is 26.9 Å². The highest BCUT2D eigenvalue weighted by Gasteiger charge is 2.35. The van der Waals surface area contributed by atoms with Crippen LogP contribution < -0.4 is 19.7 Å². The number of anilines is 1. The summed E-state index contributed by atoms with van der Waals surface area (Å²) in [5.41, 5.74) is 3.14. The van der Waals surface area contributed by atoms with Gasteiger partial charge in [-0.25, -0.2) is 0 Å². The van der Waals surface area contributed by atoms with Crippen LogP contribution in [-0.2, 0) is 4.79 Å². The van der Waals surface area contributed by atoms with Crippen molar-refractivity contribution in [1.82, 2.24) is 14.4 Å². The highest BCUT2D eigenvalue weighted by molar-refractivity contribution is 8.08. The minimum Gasteiger partial charge on any atom is -0.337 e. The lowest BCUT2D eigenvalue weighted by Crippen LogP contribution is -2.34. The normalized spacial score (nSPS) is 19.3. The van der Waals surface area contributed by atoms with Gasteiger partial charge in [0.25, 0.3) is 11.5 Å². The Kier molecular flexibility index (Phi) is 4.99. The van der Waals surface area contributed by atoms with Crippen LogP contribution in [0.5, 0.6) is 0 Å². The molecule has 1 fully saturated rings. The van der Waals surface area contributed by atoms with E-state index in [1.807, 2.05) is 67.4 Å². The number of rotatable bonds is 1. The van der Waals surface area contributed by atoms with Crippen LogP contribution in [0.4, 0.5) is 5.69 Å². The molecule has 2 aliphatic rings. The molecule has 9 heteroatoms. The predicted molar refractivity (Wildman–Crippen MR) is 135 cm³/mol. The third kappa shape index (κ3) is 3.03. The Morgan fingerprint density at radius 3 is 2.19 bits per heavy atom. The number of thioether (sulfide) groups is 1. The van der Waals surface area contributed by atoms with Crippen molar-refractivity contribution < 1.29 is 4.79 Å². The molecule has 1 amide bonds. The summed E-state index contributed by atoms with van der Waals surface area (Å²) in [6.07, 6.45) is 0. The van der Waals surface area contributed by atoms with Crippen LogP contribution >= 0.6 is 35.3 Å². The molecule has 2 aromatic carbocycles. The number of hydrogen-bond donors (Lipinski definition) is 0. The molecule has 0 saturated carbocycles. The van der Waals surface area contributed by atoms with Crippen molar-refractivity contribution in [2.45, 2.75) is 11.8 Å². The van der Waals surface area contributed by atoms with Gasteiger partial charge in [0, 0.05) is 26.0 Å². The Labute approximate surface area is 198 Å². The first kappa shape index (κ1) is 21.0. The number of likely N-dealkylation sites (N-methyl/N-ethyl adjacent to an activating group) is 2. The lowest BCUT2D eigenvalue weighted by atomic mass is 10.2. The van der Waals surface area contributed by atoms with Crippen LogP contribution in [0.25, 0.3) is 16.4 Å². The van der Waals surface area contributed by atoms with Crippen molar-refractivity contribution >= 4 is 62.7 Å². The van der Waals surface area contributed by atoms with Crippen molar-refractivity contribution in [3.63, 3.8) is 0 Å². The number of para-hydroxylation sites is 1.